The van der Waals surface area contributed by atoms with Gasteiger partial charge in [-0.25, -0.2) is 0 Å². The molecule has 0 N–H and O–H groups in total. The van der Waals surface area contributed by atoms with Gasteiger partial charge in [0.2, 0.25) is 0 Å². The van der Waals surface area contributed by atoms with Gasteiger partial charge >= 0.3 is 21.2 Å². The summed E-state index contributed by atoms with van der Waals surface area (Å²) in [6, 6.07) is 18.7. The van der Waals surface area contributed by atoms with Crippen LogP contribution < -0.4 is 45.2 Å². The molecule has 2 aromatic carbocycles. The zero-order chi connectivity index (χ0) is 17.1. The van der Waals surface area contributed by atoms with E-state index >= 15 is 0 Å². The second-order valence-electron chi connectivity index (χ2n) is 7.58. The molecule has 0 spiro atoms. The highest BCUT2D eigenvalue weighted by Gasteiger charge is 2.22. The second kappa shape index (κ2) is 9.02. The molecule has 0 aliphatic rings. The van der Waals surface area contributed by atoms with Crippen LogP contribution in [-0.4, -0.2) is 0 Å². The lowest BCUT2D eigenvalue weighted by Gasteiger charge is -2.23. The van der Waals surface area contributed by atoms with Crippen LogP contribution in [0.1, 0.15) is 65.5 Å². The van der Waals surface area contributed by atoms with Crippen LogP contribution in [0.25, 0.3) is 0 Å². The van der Waals surface area contributed by atoms with Gasteiger partial charge in [0.1, 0.15) is 0 Å². The van der Waals surface area contributed by atoms with Crippen LogP contribution >= 0.6 is 0 Å². The fraction of sp³-hybridized carbons (Fsp3) is 0.455. The van der Waals surface area contributed by atoms with Crippen molar-refractivity contribution in [2.24, 2.45) is 0 Å². The molecular weight excluding hydrogens is 518 g/mol. The van der Waals surface area contributed by atoms with Crippen LogP contribution in [0.2, 0.25) is 0 Å². The lowest BCUT2D eigenvalue weighted by atomic mass is 9.82. The summed E-state index contributed by atoms with van der Waals surface area (Å²) >= 11 is -0.0793. The fourth-order valence-electron chi connectivity index (χ4n) is 2.46. The minimum absolute atomic E-state index is 0. The molecule has 2 aromatic rings. The van der Waals surface area contributed by atoms with E-state index in [-0.39, 0.29) is 56.0 Å². The summed E-state index contributed by atoms with van der Waals surface area (Å²) in [4.78, 5) is 0. The average molecular weight is 548 g/mol. The topological polar surface area (TPSA) is 0 Å². The van der Waals surface area contributed by atoms with E-state index in [1.54, 1.807) is 0 Å². The van der Waals surface area contributed by atoms with E-state index in [0.717, 1.165) is 0 Å². The predicted molar refractivity (Wildman–Crippen MR) is 96.9 cm³/mol. The highest BCUT2D eigenvalue weighted by Crippen LogP contribution is 2.26. The Morgan fingerprint density at radius 1 is 0.625 bits per heavy atom. The Morgan fingerprint density at radius 2 is 0.917 bits per heavy atom. The first-order valence-electron chi connectivity index (χ1n) is 8.64. The monoisotopic (exact) mass is 548 g/mol. The number of hydrogen-bond donors (Lipinski definition) is 0. The molecule has 2 heteroatoms. The zero-order valence-electron chi connectivity index (χ0n) is 15.8. The molecule has 0 bridgehead atoms. The largest absolute Gasteiger partial charge is 1.00 e. The van der Waals surface area contributed by atoms with Gasteiger partial charge in [0.15, 0.2) is 7.14 Å². The first-order valence-corrected chi connectivity index (χ1v) is 10.8. The third-order valence-corrected chi connectivity index (χ3v) is 7.92. The molecule has 2 rings (SSSR count). The summed E-state index contributed by atoms with van der Waals surface area (Å²) in [5.41, 5.74) is 3.47. The number of rotatable bonds is 6. The third kappa shape index (κ3) is 5.45. The molecule has 0 amide bonds. The third-order valence-electron chi connectivity index (χ3n) is 5.24. The van der Waals surface area contributed by atoms with Crippen molar-refractivity contribution in [2.75, 3.05) is 0 Å². The van der Waals surface area contributed by atoms with Gasteiger partial charge in [-0.15, -0.1) is 0 Å². The lowest BCUT2D eigenvalue weighted by molar-refractivity contribution is -0.597. The Balaban J connectivity index is 0.00000288. The van der Waals surface area contributed by atoms with Crippen LogP contribution in [0.3, 0.4) is 0 Å². The summed E-state index contributed by atoms with van der Waals surface area (Å²) in [7, 11) is 0. The van der Waals surface area contributed by atoms with Gasteiger partial charge in [0, 0.05) is 0 Å². The standard InChI is InChI=1S/C22H30I.HI/c1-7-21(3,4)17-9-13-19(14-10-17)23-20-15-11-18(12-16-20)22(5,6)8-2;/h9-16H,7-8H2,1-6H3;1H/q+1;/p-1. The Kier molecular flexibility index (Phi) is 8.24. The molecule has 0 saturated carbocycles. The van der Waals surface area contributed by atoms with Gasteiger partial charge < -0.3 is 24.0 Å². The van der Waals surface area contributed by atoms with E-state index in [1.165, 1.54) is 31.1 Å². The lowest BCUT2D eigenvalue weighted by Crippen LogP contribution is -3.61. The quantitative estimate of drug-likeness (QED) is 0.453. The normalized spacial score (nSPS) is 11.9. The van der Waals surface area contributed by atoms with Gasteiger partial charge in [-0.3, -0.25) is 0 Å². The highest BCUT2D eigenvalue weighted by molar-refractivity contribution is 5.24. The van der Waals surface area contributed by atoms with Crippen LogP contribution in [0.5, 0.6) is 0 Å². The highest BCUT2D eigenvalue weighted by atomic mass is 127. The van der Waals surface area contributed by atoms with Crippen LogP contribution in [-0.2, 0) is 10.8 Å². The molecule has 0 atom stereocenters. The maximum Gasteiger partial charge on any atom is 0.357 e. The molecule has 0 aliphatic heterocycles. The fourth-order valence-corrected chi connectivity index (χ4v) is 4.62. The second-order valence-corrected chi connectivity index (χ2v) is 10.6. The minimum Gasteiger partial charge on any atom is -1.00 e. The maximum absolute atomic E-state index is 2.34. The smallest absolute Gasteiger partial charge is 0.357 e. The maximum atomic E-state index is 2.34. The predicted octanol–water partition coefficient (Wildman–Crippen LogP) is 0.194. The van der Waals surface area contributed by atoms with E-state index in [2.05, 4.69) is 90.1 Å². The van der Waals surface area contributed by atoms with Crippen LogP contribution in [0, 0.1) is 7.14 Å². The Morgan fingerprint density at radius 3 is 1.17 bits per heavy atom. The molecule has 0 unspecified atom stereocenters. The summed E-state index contributed by atoms with van der Waals surface area (Å²) in [6.45, 7) is 13.8. The molecule has 0 heterocycles. The Hall–Kier alpha value is -0.100. The van der Waals surface area contributed by atoms with E-state index in [0.29, 0.717) is 0 Å². The van der Waals surface area contributed by atoms with Crippen molar-refractivity contribution in [3.05, 3.63) is 66.8 Å². The van der Waals surface area contributed by atoms with Crippen molar-refractivity contribution in [3.63, 3.8) is 0 Å². The van der Waals surface area contributed by atoms with E-state index in [9.17, 15) is 0 Å². The molecule has 0 nitrogen and oxygen atoms in total. The minimum atomic E-state index is -0.0793. The van der Waals surface area contributed by atoms with Crippen molar-refractivity contribution in [3.8, 4) is 0 Å². The zero-order valence-corrected chi connectivity index (χ0v) is 20.1. The summed E-state index contributed by atoms with van der Waals surface area (Å²) < 4.78 is 3.00. The van der Waals surface area contributed by atoms with E-state index in [4.69, 9.17) is 0 Å². The molecule has 0 fully saturated rings. The Labute approximate surface area is 176 Å². The van der Waals surface area contributed by atoms with Gasteiger partial charge in [-0.2, -0.15) is 0 Å². The van der Waals surface area contributed by atoms with Crippen molar-refractivity contribution in [1.29, 1.82) is 0 Å². The van der Waals surface area contributed by atoms with Crippen molar-refractivity contribution < 1.29 is 45.2 Å². The molecule has 24 heavy (non-hydrogen) atoms. The van der Waals surface area contributed by atoms with Gasteiger partial charge in [0.25, 0.3) is 0 Å². The van der Waals surface area contributed by atoms with Gasteiger partial charge in [-0.05, 0) is 59.1 Å². The summed E-state index contributed by atoms with van der Waals surface area (Å²) in [5.74, 6) is 0. The van der Waals surface area contributed by atoms with Gasteiger partial charge in [-0.1, -0.05) is 65.8 Å². The van der Waals surface area contributed by atoms with Gasteiger partial charge in [0.05, 0.1) is 0 Å². The number of hydrogen-bond acceptors (Lipinski definition) is 0. The Bertz CT molecular complexity index is 565. The summed E-state index contributed by atoms with van der Waals surface area (Å²) in [5, 5.41) is 0. The first kappa shape index (κ1) is 21.9. The molecular formula is C22H30I2. The molecule has 0 aromatic heterocycles. The van der Waals surface area contributed by atoms with Crippen molar-refractivity contribution in [2.45, 2.75) is 65.2 Å². The molecule has 0 radical (unpaired) electrons. The average Bonchev–Trinajstić information content (AvgIpc) is 2.56. The molecule has 0 aliphatic carbocycles. The molecule has 132 valence electrons. The number of halogens is 2. The van der Waals surface area contributed by atoms with Crippen LogP contribution in [0.4, 0.5) is 0 Å². The number of benzene rings is 2. The SMILES string of the molecule is CCC(C)(C)c1ccc([I+]c2ccc(C(C)(C)CC)cc2)cc1.[I-]. The van der Waals surface area contributed by atoms with Crippen molar-refractivity contribution >= 4 is 0 Å². The van der Waals surface area contributed by atoms with Crippen LogP contribution in [0.15, 0.2) is 48.5 Å². The summed E-state index contributed by atoms with van der Waals surface area (Å²) in [6.07, 6.45) is 2.35. The first-order chi connectivity index (χ1) is 10.8. The molecule has 0 saturated heterocycles. The van der Waals surface area contributed by atoms with E-state index < -0.39 is 0 Å². The van der Waals surface area contributed by atoms with E-state index in [1.807, 2.05) is 0 Å². The van der Waals surface area contributed by atoms with Crippen molar-refractivity contribution in [1.82, 2.24) is 0 Å².